The van der Waals surface area contributed by atoms with Crippen molar-refractivity contribution in [2.24, 2.45) is 11.8 Å². The van der Waals surface area contributed by atoms with Gasteiger partial charge in [0.25, 0.3) is 0 Å². The highest BCUT2D eigenvalue weighted by Gasteiger charge is 2.43. The van der Waals surface area contributed by atoms with Crippen molar-refractivity contribution in [3.63, 3.8) is 0 Å². The van der Waals surface area contributed by atoms with Gasteiger partial charge in [-0.2, -0.15) is 0 Å². The molecule has 0 radical (unpaired) electrons. The van der Waals surface area contributed by atoms with E-state index >= 15 is 0 Å². The molecule has 0 spiro atoms. The van der Waals surface area contributed by atoms with Crippen LogP contribution in [0.3, 0.4) is 0 Å². The van der Waals surface area contributed by atoms with E-state index in [0.29, 0.717) is 5.41 Å². The Morgan fingerprint density at radius 3 is 2.25 bits per heavy atom. The van der Waals surface area contributed by atoms with E-state index < -0.39 is 0 Å². The molecule has 2 aliphatic rings. The lowest BCUT2D eigenvalue weighted by atomic mass is 9.59. The van der Waals surface area contributed by atoms with Gasteiger partial charge in [-0.25, -0.2) is 0 Å². The first-order valence-electron chi connectivity index (χ1n) is 8.90. The molecule has 1 aromatic rings. The van der Waals surface area contributed by atoms with Crippen molar-refractivity contribution in [3.8, 4) is 0 Å². The van der Waals surface area contributed by atoms with E-state index in [9.17, 15) is 0 Å². The van der Waals surface area contributed by atoms with Crippen LogP contribution in [0.4, 0.5) is 0 Å². The van der Waals surface area contributed by atoms with E-state index in [4.69, 9.17) is 0 Å². The molecule has 0 atom stereocenters. The van der Waals surface area contributed by atoms with E-state index in [0.717, 1.165) is 11.8 Å². The highest BCUT2D eigenvalue weighted by molar-refractivity contribution is 5.27. The predicted molar refractivity (Wildman–Crippen MR) is 89.1 cm³/mol. The van der Waals surface area contributed by atoms with Crippen molar-refractivity contribution < 1.29 is 1.43 Å². The van der Waals surface area contributed by atoms with E-state index in [-0.39, 0.29) is 1.43 Å². The Kier molecular flexibility index (Phi) is 4.48. The molecular weight excluding hydrogens is 240 g/mol. The van der Waals surface area contributed by atoms with Gasteiger partial charge in [0.1, 0.15) is 0 Å². The fraction of sp³-hybridized carbons (Fsp3) is 0.700. The van der Waals surface area contributed by atoms with Gasteiger partial charge in [0, 0.05) is 1.43 Å². The predicted octanol–water partition coefficient (Wildman–Crippen LogP) is 6.35. The molecule has 3 rings (SSSR count). The van der Waals surface area contributed by atoms with Gasteiger partial charge < -0.3 is 0 Å². The van der Waals surface area contributed by atoms with Crippen LogP contribution in [0, 0.1) is 11.8 Å². The van der Waals surface area contributed by atoms with Crippen molar-refractivity contribution >= 4 is 0 Å². The van der Waals surface area contributed by atoms with Crippen LogP contribution in [0.1, 0.15) is 78.1 Å². The molecular formula is C20H32. The first kappa shape index (κ1) is 14.2. The van der Waals surface area contributed by atoms with Gasteiger partial charge in [0.15, 0.2) is 0 Å². The molecule has 0 bridgehead atoms. The molecule has 0 aliphatic heterocycles. The zero-order chi connectivity index (χ0) is 13.8. The summed E-state index contributed by atoms with van der Waals surface area (Å²) in [6.07, 6.45) is 14.6. The van der Waals surface area contributed by atoms with E-state index in [1.165, 1.54) is 64.2 Å². The molecule has 0 aromatic heterocycles. The minimum Gasteiger partial charge on any atom is -0.0654 e. The smallest absolute Gasteiger partial charge is 0 e. The molecule has 0 saturated heterocycles. The third-order valence-corrected chi connectivity index (χ3v) is 6.18. The van der Waals surface area contributed by atoms with Crippen LogP contribution >= 0.6 is 0 Å². The van der Waals surface area contributed by atoms with Gasteiger partial charge in [0.2, 0.25) is 0 Å². The normalized spacial score (nSPS) is 31.6. The fourth-order valence-electron chi connectivity index (χ4n) is 5.07. The minimum absolute atomic E-state index is 0. The summed E-state index contributed by atoms with van der Waals surface area (Å²) in [5.74, 6) is 1.98. The SMILES string of the molecule is CCCC1CCC(c2ccccc2)(C2CCCC2)CC1.[HH]. The van der Waals surface area contributed by atoms with Crippen LogP contribution in [0.25, 0.3) is 0 Å². The second-order valence-electron chi connectivity index (χ2n) is 7.24. The molecule has 20 heavy (non-hydrogen) atoms. The molecule has 0 heterocycles. The Morgan fingerprint density at radius 1 is 1.00 bits per heavy atom. The lowest BCUT2D eigenvalue weighted by Gasteiger charge is -2.45. The van der Waals surface area contributed by atoms with Crippen molar-refractivity contribution in [1.82, 2.24) is 0 Å². The largest absolute Gasteiger partial charge is 0.0654 e. The zero-order valence-electron chi connectivity index (χ0n) is 13.1. The average molecular weight is 272 g/mol. The summed E-state index contributed by atoms with van der Waals surface area (Å²) in [5, 5.41) is 0. The minimum atomic E-state index is 0. The number of benzene rings is 1. The Balaban J connectivity index is 0.00000161. The van der Waals surface area contributed by atoms with Gasteiger partial charge in [-0.15, -0.1) is 0 Å². The van der Waals surface area contributed by atoms with Gasteiger partial charge in [-0.3, -0.25) is 0 Å². The van der Waals surface area contributed by atoms with Crippen molar-refractivity contribution in [2.75, 3.05) is 0 Å². The van der Waals surface area contributed by atoms with Crippen LogP contribution < -0.4 is 0 Å². The zero-order valence-corrected chi connectivity index (χ0v) is 13.1. The molecule has 0 amide bonds. The van der Waals surface area contributed by atoms with Crippen molar-refractivity contribution in [3.05, 3.63) is 35.9 Å². The summed E-state index contributed by atoms with van der Waals surface area (Å²) in [4.78, 5) is 0. The van der Waals surface area contributed by atoms with E-state index in [2.05, 4.69) is 37.3 Å². The summed E-state index contributed by atoms with van der Waals surface area (Å²) in [6, 6.07) is 11.5. The van der Waals surface area contributed by atoms with Crippen LogP contribution in [-0.4, -0.2) is 0 Å². The molecule has 112 valence electrons. The molecule has 2 fully saturated rings. The first-order valence-corrected chi connectivity index (χ1v) is 8.90. The van der Waals surface area contributed by atoms with E-state index in [1.807, 2.05) is 0 Å². The monoisotopic (exact) mass is 272 g/mol. The van der Waals surface area contributed by atoms with Crippen molar-refractivity contribution in [1.29, 1.82) is 0 Å². The summed E-state index contributed by atoms with van der Waals surface area (Å²) in [5.41, 5.74) is 2.18. The number of hydrogen-bond acceptors (Lipinski definition) is 0. The second kappa shape index (κ2) is 6.33. The fourth-order valence-corrected chi connectivity index (χ4v) is 5.07. The molecule has 0 unspecified atom stereocenters. The molecule has 0 heteroatoms. The van der Waals surface area contributed by atoms with Gasteiger partial charge in [-0.1, -0.05) is 62.9 Å². The van der Waals surface area contributed by atoms with E-state index in [1.54, 1.807) is 5.56 Å². The maximum absolute atomic E-state index is 2.42. The summed E-state index contributed by atoms with van der Waals surface area (Å²) in [6.45, 7) is 2.34. The van der Waals surface area contributed by atoms with Crippen LogP contribution in [0.15, 0.2) is 30.3 Å². The highest BCUT2D eigenvalue weighted by atomic mass is 14.5. The summed E-state index contributed by atoms with van der Waals surface area (Å²) < 4.78 is 0. The molecule has 0 nitrogen and oxygen atoms in total. The number of hydrogen-bond donors (Lipinski definition) is 0. The van der Waals surface area contributed by atoms with Gasteiger partial charge >= 0.3 is 0 Å². The van der Waals surface area contributed by atoms with Crippen LogP contribution in [0.5, 0.6) is 0 Å². The topological polar surface area (TPSA) is 0 Å². The lowest BCUT2D eigenvalue weighted by Crippen LogP contribution is -2.38. The van der Waals surface area contributed by atoms with Crippen LogP contribution in [0.2, 0.25) is 0 Å². The first-order chi connectivity index (χ1) is 9.85. The summed E-state index contributed by atoms with van der Waals surface area (Å²) in [7, 11) is 0. The Bertz CT molecular complexity index is 397. The van der Waals surface area contributed by atoms with Crippen molar-refractivity contribution in [2.45, 2.75) is 76.5 Å². The maximum Gasteiger partial charge on any atom is 0 e. The third kappa shape index (κ3) is 2.67. The highest BCUT2D eigenvalue weighted by Crippen LogP contribution is 2.52. The lowest BCUT2D eigenvalue weighted by molar-refractivity contribution is 0.152. The standard InChI is InChI=1S/C20H30.H2/c1-2-8-17-13-15-20(16-14-17,19-11-6-7-12-19)18-9-4-3-5-10-18;/h3-5,9-10,17,19H,2,6-8,11-16H2,1H3;1H. The average Bonchev–Trinajstić information content (AvgIpc) is 3.04. The van der Waals surface area contributed by atoms with Gasteiger partial charge in [-0.05, 0) is 61.3 Å². The molecule has 1 aromatic carbocycles. The quantitative estimate of drug-likeness (QED) is 0.599. The van der Waals surface area contributed by atoms with Crippen LogP contribution in [-0.2, 0) is 5.41 Å². The molecule has 0 N–H and O–H groups in total. The number of rotatable bonds is 4. The Hall–Kier alpha value is -0.780. The Labute approximate surface area is 126 Å². The molecule has 2 saturated carbocycles. The van der Waals surface area contributed by atoms with Gasteiger partial charge in [0.05, 0.1) is 0 Å². The molecule has 2 aliphatic carbocycles. The summed E-state index contributed by atoms with van der Waals surface area (Å²) >= 11 is 0. The Morgan fingerprint density at radius 2 is 1.65 bits per heavy atom. The second-order valence-corrected chi connectivity index (χ2v) is 7.24. The maximum atomic E-state index is 2.42. The third-order valence-electron chi connectivity index (χ3n) is 6.18.